The lowest BCUT2D eigenvalue weighted by molar-refractivity contribution is -0.124. The summed E-state index contributed by atoms with van der Waals surface area (Å²) in [5, 5.41) is 6.72. The summed E-state index contributed by atoms with van der Waals surface area (Å²) in [4.78, 5) is 28.7. The van der Waals surface area contributed by atoms with Crippen molar-refractivity contribution >= 4 is 28.7 Å². The van der Waals surface area contributed by atoms with Crippen LogP contribution in [0.25, 0.3) is 16.8 Å². The number of amides is 2. The normalized spacial score (nSPS) is 15.1. The zero-order valence-corrected chi connectivity index (χ0v) is 17.1. The summed E-state index contributed by atoms with van der Waals surface area (Å²) in [5.41, 5.74) is 2.29. The van der Waals surface area contributed by atoms with Crippen LogP contribution in [-0.4, -0.2) is 25.0 Å². The number of nitrogens with zero attached hydrogens (tertiary/aromatic N) is 1. The van der Waals surface area contributed by atoms with Crippen molar-refractivity contribution in [3.63, 3.8) is 0 Å². The highest BCUT2D eigenvalue weighted by atomic mass is 16.5. The summed E-state index contributed by atoms with van der Waals surface area (Å²) in [6.07, 6.45) is 2.46. The maximum absolute atomic E-state index is 12.3. The Morgan fingerprint density at radius 2 is 1.80 bits per heavy atom. The Balaban J connectivity index is 1.30. The van der Waals surface area contributed by atoms with E-state index in [1.165, 1.54) is 5.56 Å². The summed E-state index contributed by atoms with van der Waals surface area (Å²) in [7, 11) is 0. The molecule has 0 radical (unpaired) electrons. The van der Waals surface area contributed by atoms with Gasteiger partial charge >= 0.3 is 0 Å². The molecule has 1 N–H and O–H groups in total. The third-order valence-corrected chi connectivity index (χ3v) is 5.44. The highest BCUT2D eigenvalue weighted by Gasteiger charge is 2.18. The van der Waals surface area contributed by atoms with Crippen LogP contribution in [0.15, 0.2) is 59.6 Å². The molecule has 2 amide bonds. The lowest BCUT2D eigenvalue weighted by atomic mass is 9.98. The summed E-state index contributed by atoms with van der Waals surface area (Å²) in [6, 6.07) is 17.7. The first-order valence-corrected chi connectivity index (χ1v) is 10.1. The van der Waals surface area contributed by atoms with E-state index in [9.17, 15) is 9.59 Å². The summed E-state index contributed by atoms with van der Waals surface area (Å²) in [5.74, 6) is -0.0373. The van der Waals surface area contributed by atoms with Gasteiger partial charge in [0.2, 0.25) is 0 Å². The largest absolute Gasteiger partial charge is 0.484 e. The van der Waals surface area contributed by atoms with Crippen molar-refractivity contribution in [3.8, 4) is 5.75 Å². The minimum atomic E-state index is -0.318. The summed E-state index contributed by atoms with van der Waals surface area (Å²) in [6.45, 7) is 4.39. The zero-order valence-electron chi connectivity index (χ0n) is 17.1. The highest BCUT2D eigenvalue weighted by Crippen LogP contribution is 2.20. The molecule has 0 fully saturated rings. The Kier molecular flexibility index (Phi) is 5.61. The van der Waals surface area contributed by atoms with Crippen LogP contribution in [0, 0.1) is 19.8 Å². The van der Waals surface area contributed by atoms with Crippen molar-refractivity contribution in [1.29, 1.82) is 0 Å². The van der Waals surface area contributed by atoms with Gasteiger partial charge in [-0.2, -0.15) is 0 Å². The van der Waals surface area contributed by atoms with Crippen LogP contribution in [0.4, 0.5) is 0 Å². The van der Waals surface area contributed by atoms with Gasteiger partial charge in [0.15, 0.2) is 6.61 Å². The summed E-state index contributed by atoms with van der Waals surface area (Å²) < 4.78 is 5.61. The van der Waals surface area contributed by atoms with E-state index in [2.05, 4.69) is 16.4 Å². The van der Waals surface area contributed by atoms with Gasteiger partial charge in [0.1, 0.15) is 5.75 Å². The molecule has 1 aliphatic rings. The monoisotopic (exact) mass is 400 g/mol. The Labute approximate surface area is 175 Å². The molecule has 0 saturated carbocycles. The van der Waals surface area contributed by atoms with E-state index in [0.717, 1.165) is 26.9 Å². The number of benzene rings is 3. The van der Waals surface area contributed by atoms with Gasteiger partial charge in [-0.3, -0.25) is 9.59 Å². The van der Waals surface area contributed by atoms with E-state index in [-0.39, 0.29) is 24.3 Å². The van der Waals surface area contributed by atoms with Gasteiger partial charge < -0.3 is 10.1 Å². The maximum atomic E-state index is 12.3. The van der Waals surface area contributed by atoms with Gasteiger partial charge in [-0.05, 0) is 71.7 Å². The third kappa shape index (κ3) is 4.40. The number of aryl methyl sites for hydroxylation is 2. The average molecular weight is 400 g/mol. The zero-order chi connectivity index (χ0) is 21.1. The second-order valence-electron chi connectivity index (χ2n) is 7.65. The molecule has 5 nitrogen and oxygen atoms in total. The van der Waals surface area contributed by atoms with E-state index in [4.69, 9.17) is 4.74 Å². The Morgan fingerprint density at radius 1 is 1.03 bits per heavy atom. The number of fused-ring (bicyclic) bond motifs is 2. The Morgan fingerprint density at radius 3 is 2.63 bits per heavy atom. The molecule has 4 rings (SSSR count). The minimum Gasteiger partial charge on any atom is -0.484 e. The first-order chi connectivity index (χ1) is 14.5. The fourth-order valence-corrected chi connectivity index (χ4v) is 3.57. The molecule has 0 spiro atoms. The van der Waals surface area contributed by atoms with Crippen LogP contribution in [-0.2, 0) is 9.59 Å². The predicted molar refractivity (Wildman–Crippen MR) is 117 cm³/mol. The van der Waals surface area contributed by atoms with Gasteiger partial charge in [-0.25, -0.2) is 4.99 Å². The number of carbonyl (C=O) groups is 2. The van der Waals surface area contributed by atoms with Gasteiger partial charge in [0.05, 0.1) is 11.3 Å². The molecule has 0 bridgehead atoms. The standard InChI is InChI=1S/C25H24N2O3/c1-16-11-21-13-20(25(29)27-23(21)12-17(16)2)9-10-26-24(28)15-30-22-8-7-18-5-3-4-6-19(18)14-22/h3-8,11-14,20H,9-10,15H2,1-2H3,(H,26,28). The number of rotatable bonds is 6. The van der Waals surface area contributed by atoms with Crippen LogP contribution in [0.2, 0.25) is 0 Å². The number of ether oxygens (including phenoxy) is 1. The van der Waals surface area contributed by atoms with Crippen LogP contribution in [0.3, 0.4) is 0 Å². The van der Waals surface area contributed by atoms with E-state index in [0.29, 0.717) is 18.7 Å². The quantitative estimate of drug-likeness (QED) is 0.692. The molecule has 0 aromatic heterocycles. The number of hydrogen-bond donors (Lipinski definition) is 1. The molecule has 0 aliphatic carbocycles. The van der Waals surface area contributed by atoms with Crippen LogP contribution < -0.4 is 20.6 Å². The van der Waals surface area contributed by atoms with Crippen LogP contribution in [0.5, 0.6) is 5.75 Å². The second kappa shape index (κ2) is 8.49. The number of carbonyl (C=O) groups excluding carboxylic acids is 2. The molecule has 152 valence electrons. The van der Waals surface area contributed by atoms with Crippen molar-refractivity contribution in [2.45, 2.75) is 20.3 Å². The molecule has 1 atom stereocenters. The summed E-state index contributed by atoms with van der Waals surface area (Å²) >= 11 is 0. The van der Waals surface area contributed by atoms with Crippen molar-refractivity contribution in [2.75, 3.05) is 13.2 Å². The van der Waals surface area contributed by atoms with Crippen molar-refractivity contribution < 1.29 is 14.3 Å². The van der Waals surface area contributed by atoms with Crippen LogP contribution in [0.1, 0.15) is 17.5 Å². The number of hydrogen-bond acceptors (Lipinski definition) is 3. The Bertz CT molecular complexity index is 1250. The predicted octanol–water partition coefficient (Wildman–Crippen LogP) is 2.60. The second-order valence-corrected chi connectivity index (χ2v) is 7.65. The molecular weight excluding hydrogens is 376 g/mol. The van der Waals surface area contributed by atoms with Crippen molar-refractivity contribution in [2.24, 2.45) is 10.9 Å². The first kappa shape index (κ1) is 19.8. The molecule has 0 saturated heterocycles. The lowest BCUT2D eigenvalue weighted by Crippen LogP contribution is -2.36. The minimum absolute atomic E-state index is 0.0631. The average Bonchev–Trinajstić information content (AvgIpc) is 2.74. The van der Waals surface area contributed by atoms with Gasteiger partial charge in [0, 0.05) is 6.54 Å². The highest BCUT2D eigenvalue weighted by molar-refractivity contribution is 5.86. The molecule has 3 aromatic rings. The molecular formula is C25H24N2O3. The van der Waals surface area contributed by atoms with Gasteiger partial charge in [-0.1, -0.05) is 36.4 Å². The lowest BCUT2D eigenvalue weighted by Gasteiger charge is -2.14. The smallest absolute Gasteiger partial charge is 0.257 e. The van der Waals surface area contributed by atoms with E-state index >= 15 is 0 Å². The fraction of sp³-hybridized carbons (Fsp3) is 0.240. The van der Waals surface area contributed by atoms with E-state index in [1.807, 2.05) is 68.5 Å². The molecule has 1 aliphatic heterocycles. The van der Waals surface area contributed by atoms with Crippen molar-refractivity contribution in [1.82, 2.24) is 5.32 Å². The first-order valence-electron chi connectivity index (χ1n) is 10.1. The molecule has 1 heterocycles. The van der Waals surface area contributed by atoms with Gasteiger partial charge in [-0.15, -0.1) is 0 Å². The van der Waals surface area contributed by atoms with E-state index < -0.39 is 0 Å². The van der Waals surface area contributed by atoms with E-state index in [1.54, 1.807) is 0 Å². The van der Waals surface area contributed by atoms with Crippen LogP contribution >= 0.6 is 0 Å². The SMILES string of the molecule is Cc1cc2c(cc1C)=NC(=O)C(CCNC(=O)COc1ccc3ccccc3c1)C=2. The molecule has 1 unspecified atom stereocenters. The number of nitrogens with one attached hydrogen (secondary N) is 1. The topological polar surface area (TPSA) is 67.8 Å². The maximum Gasteiger partial charge on any atom is 0.257 e. The van der Waals surface area contributed by atoms with Gasteiger partial charge in [0.25, 0.3) is 11.8 Å². The molecule has 30 heavy (non-hydrogen) atoms. The fourth-order valence-electron chi connectivity index (χ4n) is 3.57. The molecule has 5 heteroatoms. The van der Waals surface area contributed by atoms with Crippen molar-refractivity contribution in [3.05, 3.63) is 76.3 Å². The third-order valence-electron chi connectivity index (χ3n) is 5.44. The Hall–Kier alpha value is -3.47. The molecule has 3 aromatic carbocycles.